The Labute approximate surface area is 180 Å². The first-order chi connectivity index (χ1) is 13.1. The number of aliphatic imine (C=N–C) groups is 1. The highest BCUT2D eigenvalue weighted by Crippen LogP contribution is 2.18. The Morgan fingerprint density at radius 1 is 1.21 bits per heavy atom. The zero-order chi connectivity index (χ0) is 19.1. The van der Waals surface area contributed by atoms with E-state index in [2.05, 4.69) is 15.6 Å². The van der Waals surface area contributed by atoms with Crippen LogP contribution in [-0.4, -0.2) is 28.1 Å². The number of hydrogen-bond donors (Lipinski definition) is 3. The summed E-state index contributed by atoms with van der Waals surface area (Å²) in [5, 5.41) is 27.1. The fourth-order valence-electron chi connectivity index (χ4n) is 3.04. The van der Waals surface area contributed by atoms with Gasteiger partial charge in [0.05, 0.1) is 30.4 Å². The highest BCUT2D eigenvalue weighted by Gasteiger charge is 2.20. The van der Waals surface area contributed by atoms with Crippen molar-refractivity contribution < 1.29 is 14.4 Å². The molecule has 9 heteroatoms. The summed E-state index contributed by atoms with van der Waals surface area (Å²) in [6.07, 6.45) is 4.76. The van der Waals surface area contributed by atoms with E-state index in [1.807, 2.05) is 12.1 Å². The number of rotatable bonds is 6. The second-order valence-corrected chi connectivity index (χ2v) is 6.67. The van der Waals surface area contributed by atoms with Crippen LogP contribution >= 0.6 is 24.0 Å². The average molecular weight is 500 g/mol. The molecule has 0 spiro atoms. The molecule has 1 fully saturated rings. The van der Waals surface area contributed by atoms with Crippen LogP contribution < -0.4 is 10.6 Å². The van der Waals surface area contributed by atoms with Gasteiger partial charge in [-0.15, -0.1) is 24.0 Å². The van der Waals surface area contributed by atoms with Gasteiger partial charge in [0.15, 0.2) is 5.96 Å². The summed E-state index contributed by atoms with van der Waals surface area (Å²) in [5.74, 6) is 1.46. The quantitative estimate of drug-likeness (QED) is 0.184. The van der Waals surface area contributed by atoms with E-state index in [1.54, 1.807) is 18.4 Å². The van der Waals surface area contributed by atoms with E-state index in [9.17, 15) is 15.2 Å². The number of nitrogens with one attached hydrogen (secondary N) is 2. The van der Waals surface area contributed by atoms with Gasteiger partial charge in [0.1, 0.15) is 5.76 Å². The van der Waals surface area contributed by atoms with Gasteiger partial charge >= 0.3 is 0 Å². The molecule has 0 unspecified atom stereocenters. The van der Waals surface area contributed by atoms with Crippen LogP contribution in [0.1, 0.15) is 37.0 Å². The Balaban J connectivity index is 0.00000280. The number of nitro benzene ring substituents is 1. The standard InChI is InChI=1S/C19H24N4O4.HI/c24-17-9-5-15(6-10-17)22-19(21-13-18-2-1-11-27-18)20-12-14-3-7-16(8-4-14)23(25)26;/h1-4,7-8,11,15,17,24H,5-6,9-10,12-13H2,(H2,20,21,22);1H. The lowest BCUT2D eigenvalue weighted by Crippen LogP contribution is -2.45. The fourth-order valence-corrected chi connectivity index (χ4v) is 3.04. The zero-order valence-electron chi connectivity index (χ0n) is 15.4. The SMILES string of the molecule is I.O=[N+]([O-])c1ccc(CN=C(NCc2ccco2)NC2CCC(O)CC2)cc1. The topological polar surface area (TPSA) is 113 Å². The van der Waals surface area contributed by atoms with Crippen LogP contribution in [0.2, 0.25) is 0 Å². The van der Waals surface area contributed by atoms with Gasteiger partial charge < -0.3 is 20.2 Å². The predicted octanol–water partition coefficient (Wildman–Crippen LogP) is 3.34. The highest BCUT2D eigenvalue weighted by atomic mass is 127. The Bertz CT molecular complexity index is 757. The molecule has 0 amide bonds. The summed E-state index contributed by atoms with van der Waals surface area (Å²) < 4.78 is 5.34. The van der Waals surface area contributed by atoms with Gasteiger partial charge in [0.2, 0.25) is 0 Å². The van der Waals surface area contributed by atoms with Crippen LogP contribution in [0.3, 0.4) is 0 Å². The highest BCUT2D eigenvalue weighted by molar-refractivity contribution is 14.0. The first-order valence-electron chi connectivity index (χ1n) is 9.09. The minimum Gasteiger partial charge on any atom is -0.467 e. The summed E-state index contributed by atoms with van der Waals surface area (Å²) in [4.78, 5) is 14.9. The van der Waals surface area contributed by atoms with Crippen molar-refractivity contribution in [1.29, 1.82) is 0 Å². The van der Waals surface area contributed by atoms with Gasteiger partial charge in [-0.1, -0.05) is 12.1 Å². The maximum atomic E-state index is 10.8. The molecule has 8 nitrogen and oxygen atoms in total. The molecule has 0 aliphatic heterocycles. The molecule has 1 aromatic carbocycles. The van der Waals surface area contributed by atoms with Gasteiger partial charge in [-0.3, -0.25) is 10.1 Å². The van der Waals surface area contributed by atoms with Crippen molar-refractivity contribution in [2.24, 2.45) is 4.99 Å². The van der Waals surface area contributed by atoms with Gasteiger partial charge in [-0.2, -0.15) is 0 Å². The number of nitrogens with zero attached hydrogens (tertiary/aromatic N) is 2. The molecular formula is C19H25IN4O4. The third-order valence-electron chi connectivity index (χ3n) is 4.61. The molecule has 0 radical (unpaired) electrons. The number of nitro groups is 1. The number of halogens is 1. The van der Waals surface area contributed by atoms with E-state index in [1.165, 1.54) is 12.1 Å². The molecular weight excluding hydrogens is 475 g/mol. The number of hydrogen-bond acceptors (Lipinski definition) is 5. The normalized spacial score (nSPS) is 19.5. The Hall–Kier alpha value is -2.14. The third kappa shape index (κ3) is 6.79. The largest absolute Gasteiger partial charge is 0.467 e. The van der Waals surface area contributed by atoms with E-state index in [-0.39, 0.29) is 41.8 Å². The van der Waals surface area contributed by atoms with Gasteiger partial charge in [0.25, 0.3) is 5.69 Å². The lowest BCUT2D eigenvalue weighted by Gasteiger charge is -2.27. The molecule has 3 rings (SSSR count). The van der Waals surface area contributed by atoms with Crippen molar-refractivity contribution in [2.75, 3.05) is 0 Å². The molecule has 1 heterocycles. The van der Waals surface area contributed by atoms with Crippen molar-refractivity contribution in [3.05, 3.63) is 64.1 Å². The van der Waals surface area contributed by atoms with E-state index in [4.69, 9.17) is 4.42 Å². The molecule has 0 atom stereocenters. The molecule has 0 bridgehead atoms. The first kappa shape index (κ1) is 22.2. The van der Waals surface area contributed by atoms with Crippen molar-refractivity contribution in [3.8, 4) is 0 Å². The van der Waals surface area contributed by atoms with Crippen LogP contribution in [0.5, 0.6) is 0 Å². The van der Waals surface area contributed by atoms with Crippen LogP contribution in [0.4, 0.5) is 5.69 Å². The number of benzene rings is 1. The third-order valence-corrected chi connectivity index (χ3v) is 4.61. The molecule has 1 saturated carbocycles. The lowest BCUT2D eigenvalue weighted by atomic mass is 9.93. The smallest absolute Gasteiger partial charge is 0.269 e. The van der Waals surface area contributed by atoms with Crippen LogP contribution in [-0.2, 0) is 13.1 Å². The Morgan fingerprint density at radius 2 is 1.93 bits per heavy atom. The molecule has 1 aromatic heterocycles. The maximum Gasteiger partial charge on any atom is 0.269 e. The van der Waals surface area contributed by atoms with E-state index >= 15 is 0 Å². The summed E-state index contributed by atoms with van der Waals surface area (Å²) in [5.41, 5.74) is 0.955. The van der Waals surface area contributed by atoms with Crippen LogP contribution in [0, 0.1) is 10.1 Å². The summed E-state index contributed by atoms with van der Waals surface area (Å²) in [6.45, 7) is 0.912. The summed E-state index contributed by atoms with van der Waals surface area (Å²) in [6, 6.07) is 10.4. The summed E-state index contributed by atoms with van der Waals surface area (Å²) >= 11 is 0. The predicted molar refractivity (Wildman–Crippen MR) is 117 cm³/mol. The monoisotopic (exact) mass is 500 g/mol. The minimum atomic E-state index is -0.414. The molecule has 3 N–H and O–H groups in total. The van der Waals surface area contributed by atoms with E-state index < -0.39 is 4.92 Å². The Kier molecular flexibility index (Phi) is 8.71. The lowest BCUT2D eigenvalue weighted by molar-refractivity contribution is -0.384. The number of aliphatic hydroxyl groups excluding tert-OH is 1. The zero-order valence-corrected chi connectivity index (χ0v) is 17.7. The molecule has 0 saturated heterocycles. The molecule has 1 aliphatic rings. The minimum absolute atomic E-state index is 0. The van der Waals surface area contributed by atoms with Crippen LogP contribution in [0.25, 0.3) is 0 Å². The van der Waals surface area contributed by atoms with Crippen molar-refractivity contribution in [3.63, 3.8) is 0 Å². The average Bonchev–Trinajstić information content (AvgIpc) is 3.19. The van der Waals surface area contributed by atoms with Crippen molar-refractivity contribution in [2.45, 2.75) is 50.9 Å². The molecule has 152 valence electrons. The number of aliphatic hydroxyl groups is 1. The second-order valence-electron chi connectivity index (χ2n) is 6.67. The number of furan rings is 1. The number of guanidine groups is 1. The van der Waals surface area contributed by atoms with Crippen LogP contribution in [0.15, 0.2) is 52.1 Å². The molecule has 1 aliphatic carbocycles. The maximum absolute atomic E-state index is 10.8. The molecule has 2 aromatic rings. The van der Waals surface area contributed by atoms with E-state index in [0.717, 1.165) is 37.0 Å². The number of non-ortho nitro benzene ring substituents is 1. The fraction of sp³-hybridized carbons (Fsp3) is 0.421. The molecule has 28 heavy (non-hydrogen) atoms. The van der Waals surface area contributed by atoms with Gasteiger partial charge in [-0.25, -0.2) is 4.99 Å². The van der Waals surface area contributed by atoms with Crippen molar-refractivity contribution >= 4 is 35.6 Å². The first-order valence-corrected chi connectivity index (χ1v) is 9.09. The van der Waals surface area contributed by atoms with E-state index in [0.29, 0.717) is 19.0 Å². The van der Waals surface area contributed by atoms with Gasteiger partial charge in [0, 0.05) is 18.2 Å². The van der Waals surface area contributed by atoms with Crippen molar-refractivity contribution in [1.82, 2.24) is 10.6 Å². The van der Waals surface area contributed by atoms with Gasteiger partial charge in [-0.05, 0) is 43.4 Å². The Morgan fingerprint density at radius 3 is 2.54 bits per heavy atom. The summed E-state index contributed by atoms with van der Waals surface area (Å²) in [7, 11) is 0. The second kappa shape index (κ2) is 11.0.